The predicted molar refractivity (Wildman–Crippen MR) is 124 cm³/mol. The van der Waals surface area contributed by atoms with Gasteiger partial charge >= 0.3 is 0 Å². The van der Waals surface area contributed by atoms with Crippen molar-refractivity contribution in [1.29, 1.82) is 0 Å². The van der Waals surface area contributed by atoms with Crippen LogP contribution < -0.4 is 5.32 Å². The zero-order valence-electron chi connectivity index (χ0n) is 18.1. The highest BCUT2D eigenvalue weighted by Gasteiger charge is 2.18. The second-order valence-electron chi connectivity index (χ2n) is 7.80. The Morgan fingerprint density at radius 2 is 1.94 bits per heavy atom. The minimum absolute atomic E-state index is 0.0883. The van der Waals surface area contributed by atoms with Crippen LogP contribution in [0.5, 0.6) is 0 Å². The summed E-state index contributed by atoms with van der Waals surface area (Å²) in [6, 6.07) is 17.7. The Labute approximate surface area is 185 Å². The van der Waals surface area contributed by atoms with Crippen LogP contribution in [-0.2, 0) is 0 Å². The Morgan fingerprint density at radius 1 is 1.16 bits per heavy atom. The number of amides is 1. The van der Waals surface area contributed by atoms with Crippen LogP contribution in [0.2, 0.25) is 0 Å². The van der Waals surface area contributed by atoms with E-state index in [9.17, 15) is 14.9 Å². The van der Waals surface area contributed by atoms with Crippen LogP contribution in [0.15, 0.2) is 65.1 Å². The summed E-state index contributed by atoms with van der Waals surface area (Å²) in [6.07, 6.45) is 1.04. The largest absolute Gasteiger partial charge is 0.436 e. The van der Waals surface area contributed by atoms with E-state index in [0.29, 0.717) is 28.6 Å². The number of oxazole rings is 1. The van der Waals surface area contributed by atoms with Crippen LogP contribution in [0.25, 0.3) is 22.6 Å². The molecule has 1 unspecified atom stereocenters. The standard InChI is InChI=1S/C25H23N3O4/c1-4-15(2)17-11-12-23-21(14-17)27-25(32-23)18-7-5-8-19(13-18)26-24(29)20-9-6-10-22(16(20)3)28(30)31/h5-15H,4H2,1-3H3,(H,26,29). The molecule has 1 heterocycles. The van der Waals surface area contributed by atoms with Gasteiger partial charge in [0.1, 0.15) is 5.52 Å². The Balaban J connectivity index is 1.61. The number of hydrogen-bond donors (Lipinski definition) is 1. The van der Waals surface area contributed by atoms with Gasteiger partial charge in [0.05, 0.1) is 4.92 Å². The van der Waals surface area contributed by atoms with Gasteiger partial charge in [-0.05, 0) is 61.2 Å². The summed E-state index contributed by atoms with van der Waals surface area (Å²) in [5.41, 5.74) is 4.46. The van der Waals surface area contributed by atoms with Gasteiger partial charge in [0.2, 0.25) is 5.89 Å². The number of carbonyl (C=O) groups excluding carboxylic acids is 1. The van der Waals surface area contributed by atoms with Crippen LogP contribution >= 0.6 is 0 Å². The Hall–Kier alpha value is -4.00. The summed E-state index contributed by atoms with van der Waals surface area (Å²) in [7, 11) is 0. The summed E-state index contributed by atoms with van der Waals surface area (Å²) in [4.78, 5) is 28.1. The summed E-state index contributed by atoms with van der Waals surface area (Å²) in [5, 5.41) is 14.0. The van der Waals surface area contributed by atoms with Gasteiger partial charge in [-0.3, -0.25) is 14.9 Å². The maximum atomic E-state index is 12.8. The minimum atomic E-state index is -0.493. The van der Waals surface area contributed by atoms with Crippen molar-refractivity contribution in [3.05, 3.63) is 87.5 Å². The van der Waals surface area contributed by atoms with E-state index in [0.717, 1.165) is 17.5 Å². The lowest BCUT2D eigenvalue weighted by molar-refractivity contribution is -0.385. The second kappa shape index (κ2) is 8.63. The normalized spacial score (nSPS) is 12.0. The summed E-state index contributed by atoms with van der Waals surface area (Å²) >= 11 is 0. The van der Waals surface area contributed by atoms with E-state index >= 15 is 0 Å². The van der Waals surface area contributed by atoms with Crippen molar-refractivity contribution in [3.8, 4) is 11.5 Å². The van der Waals surface area contributed by atoms with Gasteiger partial charge in [-0.15, -0.1) is 0 Å². The molecular formula is C25H23N3O4. The van der Waals surface area contributed by atoms with Gasteiger partial charge in [-0.25, -0.2) is 4.98 Å². The zero-order valence-corrected chi connectivity index (χ0v) is 18.1. The number of nitrogens with zero attached hydrogens (tertiary/aromatic N) is 2. The van der Waals surface area contributed by atoms with Crippen LogP contribution in [0, 0.1) is 17.0 Å². The lowest BCUT2D eigenvalue weighted by Crippen LogP contribution is -2.14. The first-order valence-electron chi connectivity index (χ1n) is 10.4. The molecule has 0 saturated heterocycles. The number of rotatable bonds is 6. The molecular weight excluding hydrogens is 406 g/mol. The topological polar surface area (TPSA) is 98.3 Å². The average molecular weight is 429 g/mol. The smallest absolute Gasteiger partial charge is 0.273 e. The lowest BCUT2D eigenvalue weighted by Gasteiger charge is -2.08. The fraction of sp³-hybridized carbons (Fsp3) is 0.200. The molecule has 0 aliphatic rings. The third kappa shape index (κ3) is 4.09. The molecule has 0 fully saturated rings. The first-order chi connectivity index (χ1) is 15.4. The number of aromatic nitrogens is 1. The van der Waals surface area contributed by atoms with Crippen molar-refractivity contribution in [3.63, 3.8) is 0 Å². The molecule has 3 aromatic carbocycles. The molecule has 0 saturated carbocycles. The van der Waals surface area contributed by atoms with Crippen LogP contribution in [0.3, 0.4) is 0 Å². The lowest BCUT2D eigenvalue weighted by atomic mass is 9.98. The third-order valence-corrected chi connectivity index (χ3v) is 5.71. The molecule has 1 N–H and O–H groups in total. The third-order valence-electron chi connectivity index (χ3n) is 5.71. The number of nitro benzene ring substituents is 1. The highest BCUT2D eigenvalue weighted by molar-refractivity contribution is 6.06. The molecule has 162 valence electrons. The zero-order chi connectivity index (χ0) is 22.8. The number of anilines is 1. The number of hydrogen-bond acceptors (Lipinski definition) is 5. The minimum Gasteiger partial charge on any atom is -0.436 e. The molecule has 1 atom stereocenters. The van der Waals surface area contributed by atoms with E-state index in [-0.39, 0.29) is 11.3 Å². The van der Waals surface area contributed by atoms with Crippen molar-refractivity contribution in [1.82, 2.24) is 4.98 Å². The maximum absolute atomic E-state index is 12.8. The van der Waals surface area contributed by atoms with Crippen LogP contribution in [-0.4, -0.2) is 15.8 Å². The van der Waals surface area contributed by atoms with Crippen molar-refractivity contribution in [2.45, 2.75) is 33.1 Å². The van der Waals surface area contributed by atoms with Gasteiger partial charge in [-0.1, -0.05) is 32.0 Å². The van der Waals surface area contributed by atoms with E-state index in [1.807, 2.05) is 18.2 Å². The molecule has 4 rings (SSSR count). The molecule has 4 aromatic rings. The van der Waals surface area contributed by atoms with Crippen LogP contribution in [0.4, 0.5) is 11.4 Å². The fourth-order valence-electron chi connectivity index (χ4n) is 3.61. The molecule has 1 aromatic heterocycles. The van der Waals surface area contributed by atoms with Crippen LogP contribution in [0.1, 0.15) is 47.7 Å². The average Bonchev–Trinajstić information content (AvgIpc) is 3.22. The Morgan fingerprint density at radius 3 is 2.69 bits per heavy atom. The summed E-state index contributed by atoms with van der Waals surface area (Å²) in [6.45, 7) is 5.89. The highest BCUT2D eigenvalue weighted by atomic mass is 16.6. The first kappa shape index (κ1) is 21.2. The SMILES string of the molecule is CCC(C)c1ccc2oc(-c3cccc(NC(=O)c4cccc([N+](=O)[O-])c4C)c3)nc2c1. The molecule has 0 radical (unpaired) electrons. The van der Waals surface area contributed by atoms with E-state index in [1.54, 1.807) is 31.2 Å². The van der Waals surface area contributed by atoms with Gasteiger partial charge < -0.3 is 9.73 Å². The van der Waals surface area contributed by atoms with Crippen molar-refractivity contribution in [2.24, 2.45) is 0 Å². The summed E-state index contributed by atoms with van der Waals surface area (Å²) < 4.78 is 5.93. The van der Waals surface area contributed by atoms with Gasteiger partial charge in [0, 0.05) is 28.4 Å². The molecule has 7 nitrogen and oxygen atoms in total. The molecule has 0 aliphatic carbocycles. The monoisotopic (exact) mass is 429 g/mol. The molecule has 32 heavy (non-hydrogen) atoms. The molecule has 1 amide bonds. The van der Waals surface area contributed by atoms with Crippen molar-refractivity contribution >= 4 is 28.4 Å². The molecule has 0 aliphatic heterocycles. The summed E-state index contributed by atoms with van der Waals surface area (Å²) in [5.74, 6) is 0.485. The van der Waals surface area contributed by atoms with Gasteiger partial charge in [-0.2, -0.15) is 0 Å². The van der Waals surface area contributed by atoms with Gasteiger partial charge in [0.25, 0.3) is 11.6 Å². The number of benzene rings is 3. The van der Waals surface area contributed by atoms with Crippen molar-refractivity contribution in [2.75, 3.05) is 5.32 Å². The van der Waals surface area contributed by atoms with Gasteiger partial charge in [0.15, 0.2) is 5.58 Å². The van der Waals surface area contributed by atoms with E-state index in [2.05, 4.69) is 30.2 Å². The quantitative estimate of drug-likeness (QED) is 0.279. The molecule has 0 bridgehead atoms. The van der Waals surface area contributed by atoms with E-state index < -0.39 is 10.8 Å². The van der Waals surface area contributed by atoms with E-state index in [4.69, 9.17) is 4.42 Å². The Kier molecular flexibility index (Phi) is 5.73. The molecule has 0 spiro atoms. The second-order valence-corrected chi connectivity index (χ2v) is 7.80. The fourth-order valence-corrected chi connectivity index (χ4v) is 3.61. The number of carbonyl (C=O) groups is 1. The Bertz CT molecular complexity index is 1330. The number of fused-ring (bicyclic) bond motifs is 1. The van der Waals surface area contributed by atoms with E-state index in [1.165, 1.54) is 17.7 Å². The number of nitro groups is 1. The maximum Gasteiger partial charge on any atom is 0.273 e. The number of nitrogens with one attached hydrogen (secondary N) is 1. The molecule has 7 heteroatoms. The predicted octanol–water partition coefficient (Wildman–Crippen LogP) is 6.48. The highest BCUT2D eigenvalue weighted by Crippen LogP contribution is 2.29. The van der Waals surface area contributed by atoms with Crippen molar-refractivity contribution < 1.29 is 14.1 Å². The first-order valence-corrected chi connectivity index (χ1v) is 10.4.